The van der Waals surface area contributed by atoms with Crippen LogP contribution in [0.4, 0.5) is 0 Å². The molecule has 0 aliphatic rings. The van der Waals surface area contributed by atoms with E-state index in [1.165, 1.54) is 31.2 Å². The lowest BCUT2D eigenvalue weighted by Crippen LogP contribution is -2.62. The predicted molar refractivity (Wildman–Crippen MR) is 368 cm³/mol. The van der Waals surface area contributed by atoms with Gasteiger partial charge >= 0.3 is 17.9 Å². The second kappa shape index (κ2) is 45.9. The molecule has 0 aliphatic carbocycles. The first-order valence-corrected chi connectivity index (χ1v) is 34.5. The van der Waals surface area contributed by atoms with Gasteiger partial charge in [0.25, 0.3) is 0 Å². The van der Waals surface area contributed by atoms with Gasteiger partial charge in [0, 0.05) is 44.0 Å². The maximum absolute atomic E-state index is 14.5. The van der Waals surface area contributed by atoms with Crippen LogP contribution in [-0.2, 0) is 99.1 Å². The summed E-state index contributed by atoms with van der Waals surface area (Å²) in [4.78, 5) is 244. The molecule has 104 heavy (non-hydrogen) atoms. The quantitative estimate of drug-likeness (QED) is 0.0274. The number of nitrogens with two attached hydrogens (primary N) is 3. The molecule has 1 heterocycles. The number of nitrogens with zero attached hydrogens (tertiary/aromatic N) is 1. The summed E-state index contributed by atoms with van der Waals surface area (Å²) in [5, 5.41) is 67.6. The Morgan fingerprint density at radius 2 is 0.913 bits per heavy atom. The summed E-state index contributed by atoms with van der Waals surface area (Å²) in [6.07, 6.45) is -2.13. The standard InChI is InChI=1S/C64H97N17O22S/c1-8-33(6)52(64(103)74-39(20-21-104-7)57(96)71-37(15-18-48(86)87)55(94)77-43(24-35-27-68-29-69-35)61(100)78-44(25-47(66)85)62(101)80-51(32(4)5)53(67)92)81-63(102)45(28-82)79-56(95)36(14-17-46(65)84)73-60(99)42(23-34-12-10-9-11-13-34)76-59(98)41(22-31(2)3)75-54(93)38(16-19-49(88)89)72-58(97)40(70-30-83)26-50(90)91/h9-13,27,29-33,36-45,51-52,82H,8,14-26,28H2,1-7H3,(H2,65,84)(H2,66,85)(H2,67,92)(H,68,69)(H,70,83)(H,71,96)(H,72,97)(H,73,99)(H,74,103)(H,75,93)(H,76,98)(H,77,94)(H,78,100)(H,79,95)(H,80,101)(H,81,102)(H,86,87)(H,88,89)(H,90,91). The third-order valence-electron chi connectivity index (χ3n) is 15.9. The zero-order valence-corrected chi connectivity index (χ0v) is 59.4. The van der Waals surface area contributed by atoms with Crippen molar-refractivity contribution in [3.05, 3.63) is 54.1 Å². The Hall–Kier alpha value is -10.8. The molecule has 0 spiro atoms. The Kier molecular flexibility index (Phi) is 39.4. The number of carboxylic acids is 3. The van der Waals surface area contributed by atoms with Crippen LogP contribution in [0.2, 0.25) is 0 Å². The topological polar surface area (TPSA) is 639 Å². The highest BCUT2D eigenvalue weighted by Gasteiger charge is 2.39. The summed E-state index contributed by atoms with van der Waals surface area (Å²) in [6.45, 7) is 8.43. The first kappa shape index (κ1) is 89.3. The maximum Gasteiger partial charge on any atom is 0.305 e. The number of aromatic nitrogens is 2. The van der Waals surface area contributed by atoms with Crippen molar-refractivity contribution in [2.24, 2.45) is 35.0 Å². The van der Waals surface area contributed by atoms with Crippen molar-refractivity contribution >= 4 is 119 Å². The van der Waals surface area contributed by atoms with E-state index in [2.05, 4.69) is 68.5 Å². The molecule has 23 N–H and O–H groups in total. The Labute approximate surface area is 602 Å². The number of carbonyl (C=O) groups excluding carboxylic acids is 15. The average molecular weight is 1490 g/mol. The summed E-state index contributed by atoms with van der Waals surface area (Å²) >= 11 is 1.22. The number of hydrogen-bond acceptors (Lipinski definition) is 21. The van der Waals surface area contributed by atoms with Crippen LogP contribution in [0.15, 0.2) is 42.9 Å². The largest absolute Gasteiger partial charge is 0.481 e. The van der Waals surface area contributed by atoms with Crippen LogP contribution in [0.25, 0.3) is 0 Å². The molecule has 40 heteroatoms. The van der Waals surface area contributed by atoms with Crippen LogP contribution >= 0.6 is 11.8 Å². The number of aromatic amines is 1. The highest BCUT2D eigenvalue weighted by Crippen LogP contribution is 2.15. The Balaban J connectivity index is 2.53. The van der Waals surface area contributed by atoms with E-state index in [4.69, 9.17) is 17.2 Å². The zero-order chi connectivity index (χ0) is 78.5. The molecule has 1 aromatic carbocycles. The summed E-state index contributed by atoms with van der Waals surface area (Å²) < 4.78 is 0. The lowest BCUT2D eigenvalue weighted by Gasteiger charge is -2.29. The number of thioether (sulfide) groups is 1. The van der Waals surface area contributed by atoms with E-state index in [0.29, 0.717) is 5.56 Å². The van der Waals surface area contributed by atoms with E-state index in [9.17, 15) is 107 Å². The molecular formula is C64H97N17O22S. The van der Waals surface area contributed by atoms with Crippen LogP contribution in [-0.4, -0.2) is 229 Å². The van der Waals surface area contributed by atoms with Crippen LogP contribution in [0.3, 0.4) is 0 Å². The molecule has 2 aromatic rings. The van der Waals surface area contributed by atoms with Crippen molar-refractivity contribution in [2.45, 2.75) is 198 Å². The summed E-state index contributed by atoms with van der Waals surface area (Å²) in [5.41, 5.74) is 17.0. The summed E-state index contributed by atoms with van der Waals surface area (Å²) in [7, 11) is 0. The highest BCUT2D eigenvalue weighted by molar-refractivity contribution is 7.98. The number of carboxylic acid groups (broad SMARTS) is 3. The fraction of sp³-hybridized carbons (Fsp3) is 0.578. The fourth-order valence-electron chi connectivity index (χ4n) is 10.0. The number of hydrogen-bond donors (Lipinski definition) is 20. The van der Waals surface area contributed by atoms with Gasteiger partial charge in [0.1, 0.15) is 72.5 Å². The molecular weight excluding hydrogens is 1390 g/mol. The van der Waals surface area contributed by atoms with Gasteiger partial charge in [-0.1, -0.05) is 78.3 Å². The SMILES string of the molecule is CCC(C)C(NC(=O)C(CO)NC(=O)C(CCC(N)=O)NC(=O)C(Cc1ccccc1)NC(=O)C(CC(C)C)NC(=O)C(CCC(=O)O)NC(=O)C(CC(=O)O)NC=O)C(=O)NC(CCSC)C(=O)NC(CCC(=O)O)C(=O)NC(Cc1cnc[nH]1)C(=O)NC(CC(N)=O)C(=O)NC(C(N)=O)C(C)C. The van der Waals surface area contributed by atoms with Gasteiger partial charge in [0.05, 0.1) is 25.8 Å². The van der Waals surface area contributed by atoms with Gasteiger partial charge in [-0.25, -0.2) is 4.98 Å². The number of carbonyl (C=O) groups is 18. The minimum absolute atomic E-state index is 0.0368. The van der Waals surface area contributed by atoms with Crippen molar-refractivity contribution in [1.29, 1.82) is 0 Å². The minimum atomic E-state index is -1.93. The number of nitrogens with one attached hydrogen (secondary N) is 13. The number of amides is 15. The molecule has 0 aliphatic heterocycles. The monoisotopic (exact) mass is 1490 g/mol. The summed E-state index contributed by atoms with van der Waals surface area (Å²) in [5.74, 6) is -21.1. The van der Waals surface area contributed by atoms with Gasteiger partial charge in [-0.2, -0.15) is 11.8 Å². The molecule has 0 fully saturated rings. The number of primary amides is 3. The number of benzene rings is 1. The lowest BCUT2D eigenvalue weighted by atomic mass is 9.97. The van der Waals surface area contributed by atoms with E-state index >= 15 is 0 Å². The van der Waals surface area contributed by atoms with Crippen LogP contribution < -0.4 is 81.0 Å². The number of H-pyrrole nitrogens is 1. The van der Waals surface area contributed by atoms with E-state index in [0.717, 1.165) is 0 Å². The van der Waals surface area contributed by atoms with Gasteiger partial charge in [-0.15, -0.1) is 0 Å². The van der Waals surface area contributed by atoms with Crippen molar-refractivity contribution in [1.82, 2.24) is 73.8 Å². The maximum atomic E-state index is 14.5. The Morgan fingerprint density at radius 3 is 1.35 bits per heavy atom. The number of imidazole rings is 1. The third-order valence-corrected chi connectivity index (χ3v) is 16.5. The van der Waals surface area contributed by atoms with Crippen LogP contribution in [0.1, 0.15) is 123 Å². The van der Waals surface area contributed by atoms with E-state index in [1.54, 1.807) is 71.2 Å². The van der Waals surface area contributed by atoms with Gasteiger partial charge < -0.3 is 106 Å². The first-order valence-electron chi connectivity index (χ1n) is 33.1. The lowest BCUT2D eigenvalue weighted by molar-refractivity contribution is -0.141. The molecule has 13 unspecified atom stereocenters. The predicted octanol–water partition coefficient (Wildman–Crippen LogP) is -6.03. The van der Waals surface area contributed by atoms with Crippen LogP contribution in [0.5, 0.6) is 0 Å². The molecule has 13 atom stereocenters. The van der Waals surface area contributed by atoms with Gasteiger partial charge in [0.15, 0.2) is 0 Å². The molecule has 0 saturated carbocycles. The van der Waals surface area contributed by atoms with Crippen molar-refractivity contribution in [3.8, 4) is 0 Å². The van der Waals surface area contributed by atoms with E-state index < -0.39 is 243 Å². The molecule has 576 valence electrons. The second-order valence-corrected chi connectivity index (χ2v) is 26.1. The molecule has 0 radical (unpaired) electrons. The molecule has 0 saturated heterocycles. The van der Waals surface area contributed by atoms with E-state index in [1.807, 2.05) is 5.32 Å². The molecule has 39 nitrogen and oxygen atoms in total. The molecule has 1 aromatic heterocycles. The molecule has 15 amide bonds. The third kappa shape index (κ3) is 32.9. The minimum Gasteiger partial charge on any atom is -0.481 e. The highest BCUT2D eigenvalue weighted by atomic mass is 32.2. The van der Waals surface area contributed by atoms with E-state index in [-0.39, 0.29) is 55.9 Å². The van der Waals surface area contributed by atoms with Gasteiger partial charge in [0.2, 0.25) is 89.1 Å². The number of rotatable bonds is 51. The van der Waals surface area contributed by atoms with Crippen molar-refractivity contribution in [2.75, 3.05) is 18.6 Å². The average Bonchev–Trinajstić information content (AvgIpc) is 1.02. The van der Waals surface area contributed by atoms with Gasteiger partial charge in [-0.05, 0) is 67.4 Å². The number of aliphatic hydroxyl groups excluding tert-OH is 1. The summed E-state index contributed by atoms with van der Waals surface area (Å²) in [6, 6.07) is -11.9. The van der Waals surface area contributed by atoms with Gasteiger partial charge in [-0.3, -0.25) is 86.3 Å². The second-order valence-electron chi connectivity index (χ2n) is 25.1. The first-order chi connectivity index (χ1) is 48.9. The Morgan fingerprint density at radius 1 is 0.490 bits per heavy atom. The molecule has 0 bridgehead atoms. The fourth-order valence-corrected chi connectivity index (χ4v) is 10.5. The zero-order valence-electron chi connectivity index (χ0n) is 58.6. The Bertz CT molecular complexity index is 3310. The van der Waals surface area contributed by atoms with Crippen molar-refractivity contribution in [3.63, 3.8) is 0 Å². The normalized spacial score (nSPS) is 14.8. The smallest absolute Gasteiger partial charge is 0.305 e. The molecule has 2 rings (SSSR count). The number of aliphatic hydroxyl groups is 1. The van der Waals surface area contributed by atoms with Crippen molar-refractivity contribution < 1.29 is 107 Å². The number of aliphatic carboxylic acids is 3. The van der Waals surface area contributed by atoms with Crippen LogP contribution in [0, 0.1) is 17.8 Å².